The van der Waals surface area contributed by atoms with Gasteiger partial charge in [-0.1, -0.05) is 41.7 Å². The summed E-state index contributed by atoms with van der Waals surface area (Å²) in [6.45, 7) is 4.89. The van der Waals surface area contributed by atoms with Crippen molar-refractivity contribution in [3.8, 4) is 5.75 Å². The van der Waals surface area contributed by atoms with E-state index in [1.807, 2.05) is 30.3 Å². The van der Waals surface area contributed by atoms with Crippen molar-refractivity contribution < 1.29 is 28.5 Å². The Balaban J connectivity index is 1.56. The number of allylic oxidation sites excluding steroid dienone is 2. The summed E-state index contributed by atoms with van der Waals surface area (Å²) in [5, 5.41) is 0. The molecule has 0 spiro atoms. The molecule has 0 saturated heterocycles. The quantitative estimate of drug-likeness (QED) is 0.261. The predicted octanol–water partition coefficient (Wildman–Crippen LogP) is 4.66. The molecule has 3 heterocycles. The average Bonchev–Trinajstić information content (AvgIpc) is 3.50. The van der Waals surface area contributed by atoms with E-state index in [-0.39, 0.29) is 17.7 Å². The average molecular weight is 704 g/mol. The maximum atomic E-state index is 13.9. The Morgan fingerprint density at radius 2 is 1.88 bits per heavy atom. The maximum absolute atomic E-state index is 13.9. The minimum Gasteiger partial charge on any atom is -0.463 e. The lowest BCUT2D eigenvalue weighted by Gasteiger charge is -2.24. The second-order valence-corrected chi connectivity index (χ2v) is 11.8. The fourth-order valence-corrected chi connectivity index (χ4v) is 6.92. The van der Waals surface area contributed by atoms with Crippen LogP contribution in [-0.4, -0.2) is 29.4 Å². The summed E-state index contributed by atoms with van der Waals surface area (Å²) in [5.74, 6) is -0.398. The third-order valence-electron chi connectivity index (χ3n) is 6.20. The van der Waals surface area contributed by atoms with Crippen molar-refractivity contribution in [2.24, 2.45) is 4.99 Å². The van der Waals surface area contributed by atoms with Crippen LogP contribution in [0.5, 0.6) is 5.75 Å². The number of halogens is 2. The first-order valence-corrected chi connectivity index (χ1v) is 15.0. The van der Waals surface area contributed by atoms with Crippen LogP contribution in [0, 0.1) is 0 Å². The van der Waals surface area contributed by atoms with Gasteiger partial charge in [0, 0.05) is 13.3 Å². The van der Waals surface area contributed by atoms with Gasteiger partial charge < -0.3 is 18.9 Å². The Morgan fingerprint density at radius 1 is 1.17 bits per heavy atom. The SMILES string of the molecule is CCOC(=O)C1=C(C)N=c2sc(=Cc3cc(Br)c(OC(C)=O)c(Br)c3)c(=O)n2C1C1=COC(Cc2ccccc2)O1. The highest BCUT2D eigenvalue weighted by Gasteiger charge is 2.39. The van der Waals surface area contributed by atoms with Crippen molar-refractivity contribution >= 4 is 61.2 Å². The number of aromatic nitrogens is 1. The summed E-state index contributed by atoms with van der Waals surface area (Å²) < 4.78 is 25.4. The molecule has 212 valence electrons. The first kappa shape index (κ1) is 29.0. The molecule has 2 atom stereocenters. The summed E-state index contributed by atoms with van der Waals surface area (Å²) >= 11 is 8.03. The number of thiazole rings is 1. The van der Waals surface area contributed by atoms with Gasteiger partial charge in [-0.3, -0.25) is 14.2 Å². The van der Waals surface area contributed by atoms with Crippen molar-refractivity contribution in [2.75, 3.05) is 6.61 Å². The number of benzene rings is 2. The molecule has 0 bridgehead atoms. The lowest BCUT2D eigenvalue weighted by atomic mass is 10.0. The van der Waals surface area contributed by atoms with Crippen LogP contribution in [-0.2, 0) is 30.2 Å². The highest BCUT2D eigenvalue weighted by molar-refractivity contribution is 9.11. The number of ether oxygens (including phenoxy) is 4. The van der Waals surface area contributed by atoms with Gasteiger partial charge in [-0.2, -0.15) is 0 Å². The van der Waals surface area contributed by atoms with Gasteiger partial charge in [0.1, 0.15) is 12.3 Å². The Bertz CT molecular complexity index is 1750. The summed E-state index contributed by atoms with van der Waals surface area (Å²) in [7, 11) is 0. The molecule has 0 amide bonds. The first-order valence-electron chi connectivity index (χ1n) is 12.6. The van der Waals surface area contributed by atoms with Crippen molar-refractivity contribution in [1.82, 2.24) is 4.57 Å². The normalized spacial score (nSPS) is 18.2. The van der Waals surface area contributed by atoms with Crippen LogP contribution in [0.1, 0.15) is 37.9 Å². The van der Waals surface area contributed by atoms with E-state index in [4.69, 9.17) is 18.9 Å². The van der Waals surface area contributed by atoms with E-state index in [1.165, 1.54) is 29.1 Å². The zero-order valence-electron chi connectivity index (χ0n) is 22.2. The fraction of sp³-hybridized carbons (Fsp3) is 0.241. The zero-order chi connectivity index (χ0) is 29.3. The minimum atomic E-state index is -0.918. The van der Waals surface area contributed by atoms with Crippen molar-refractivity contribution in [1.29, 1.82) is 0 Å². The van der Waals surface area contributed by atoms with Crippen LogP contribution in [0.2, 0.25) is 0 Å². The highest BCUT2D eigenvalue weighted by atomic mass is 79.9. The van der Waals surface area contributed by atoms with Gasteiger partial charge in [0.15, 0.2) is 16.3 Å². The molecule has 3 aromatic rings. The molecule has 0 aliphatic carbocycles. The van der Waals surface area contributed by atoms with Gasteiger partial charge in [-0.25, -0.2) is 9.79 Å². The van der Waals surface area contributed by atoms with Gasteiger partial charge in [0.25, 0.3) is 5.56 Å². The smallest absolute Gasteiger partial charge is 0.338 e. The molecule has 41 heavy (non-hydrogen) atoms. The van der Waals surface area contributed by atoms with E-state index in [2.05, 4.69) is 36.9 Å². The van der Waals surface area contributed by atoms with E-state index in [9.17, 15) is 14.4 Å². The van der Waals surface area contributed by atoms with E-state index in [0.717, 1.165) is 5.56 Å². The number of fused-ring (bicyclic) bond motifs is 1. The second kappa shape index (κ2) is 12.2. The Labute approximate surface area is 255 Å². The lowest BCUT2D eigenvalue weighted by molar-refractivity contribution is -0.139. The molecule has 0 fully saturated rings. The van der Waals surface area contributed by atoms with E-state index >= 15 is 0 Å². The number of nitrogens with zero attached hydrogens (tertiary/aromatic N) is 2. The molecule has 1 aromatic heterocycles. The summed E-state index contributed by atoms with van der Waals surface area (Å²) in [6, 6.07) is 12.3. The molecular weight excluding hydrogens is 680 g/mol. The number of hydrogen-bond acceptors (Lipinski definition) is 9. The van der Waals surface area contributed by atoms with Crippen LogP contribution in [0.25, 0.3) is 6.08 Å². The predicted molar refractivity (Wildman–Crippen MR) is 159 cm³/mol. The monoisotopic (exact) mass is 702 g/mol. The Hall–Kier alpha value is -3.48. The van der Waals surface area contributed by atoms with E-state index in [1.54, 1.807) is 32.1 Å². The van der Waals surface area contributed by atoms with Gasteiger partial charge in [0.05, 0.1) is 31.4 Å². The van der Waals surface area contributed by atoms with Gasteiger partial charge in [0.2, 0.25) is 6.29 Å². The molecule has 2 aliphatic heterocycles. The Kier molecular flexibility index (Phi) is 8.62. The minimum absolute atomic E-state index is 0.160. The first-order chi connectivity index (χ1) is 19.7. The molecular formula is C29H24Br2N2O7S. The van der Waals surface area contributed by atoms with Crippen LogP contribution in [0.15, 0.2) is 84.5 Å². The molecule has 0 N–H and O–H groups in total. The third-order valence-corrected chi connectivity index (χ3v) is 8.36. The molecule has 9 nitrogen and oxygen atoms in total. The standard InChI is InChI=1S/C29H24Br2N2O7S/c1-4-37-28(36)24-15(2)32-29-33(25(24)21-14-38-23(40-21)13-17-8-6-5-7-9-17)27(35)22(41-29)12-18-10-19(30)26(20(31)11-18)39-16(3)34/h5-12,14,23,25H,4,13H2,1-3H3. The largest absolute Gasteiger partial charge is 0.463 e. The summed E-state index contributed by atoms with van der Waals surface area (Å²) in [4.78, 5) is 43.4. The third kappa shape index (κ3) is 6.09. The van der Waals surface area contributed by atoms with Gasteiger partial charge >= 0.3 is 11.9 Å². The molecule has 2 aliphatic rings. The summed E-state index contributed by atoms with van der Waals surface area (Å²) in [5.41, 5.74) is 1.96. The molecule has 12 heteroatoms. The van der Waals surface area contributed by atoms with Crippen molar-refractivity contribution in [2.45, 2.75) is 39.5 Å². The van der Waals surface area contributed by atoms with Crippen LogP contribution >= 0.6 is 43.2 Å². The van der Waals surface area contributed by atoms with Gasteiger partial charge in [-0.15, -0.1) is 0 Å². The fourth-order valence-electron chi connectivity index (χ4n) is 4.49. The van der Waals surface area contributed by atoms with Gasteiger partial charge in [-0.05, 0) is 75.0 Å². The number of rotatable bonds is 7. The van der Waals surface area contributed by atoms with Crippen LogP contribution in [0.4, 0.5) is 0 Å². The summed E-state index contributed by atoms with van der Waals surface area (Å²) in [6.07, 6.45) is 3.02. The van der Waals surface area contributed by atoms with Crippen molar-refractivity contribution in [3.05, 3.63) is 106 Å². The van der Waals surface area contributed by atoms with E-state index in [0.29, 0.717) is 47.5 Å². The van der Waals surface area contributed by atoms with Crippen molar-refractivity contribution in [3.63, 3.8) is 0 Å². The zero-order valence-corrected chi connectivity index (χ0v) is 26.2. The number of hydrogen-bond donors (Lipinski definition) is 0. The highest BCUT2D eigenvalue weighted by Crippen LogP contribution is 2.36. The second-order valence-electron chi connectivity index (χ2n) is 9.10. The molecule has 0 saturated carbocycles. The number of carbonyl (C=O) groups excluding carboxylic acids is 2. The molecule has 5 rings (SSSR count). The molecule has 2 unspecified atom stereocenters. The molecule has 0 radical (unpaired) electrons. The van der Waals surface area contributed by atoms with Crippen LogP contribution in [0.3, 0.4) is 0 Å². The number of esters is 2. The number of carbonyl (C=O) groups is 2. The van der Waals surface area contributed by atoms with E-state index < -0.39 is 24.3 Å². The van der Waals surface area contributed by atoms with Crippen LogP contribution < -0.4 is 19.6 Å². The maximum Gasteiger partial charge on any atom is 0.338 e. The topological polar surface area (TPSA) is 105 Å². The Morgan fingerprint density at radius 3 is 2.54 bits per heavy atom. The lowest BCUT2D eigenvalue weighted by Crippen LogP contribution is -2.40. The molecule has 2 aromatic carbocycles.